The third-order valence-electron chi connectivity index (χ3n) is 3.08. The van der Waals surface area contributed by atoms with Crippen LogP contribution in [0.2, 0.25) is 0 Å². The highest BCUT2D eigenvalue weighted by Crippen LogP contribution is 2.13. The highest BCUT2D eigenvalue weighted by molar-refractivity contribution is 5.92. The fourth-order valence-corrected chi connectivity index (χ4v) is 2.02. The molecule has 0 spiro atoms. The zero-order valence-electron chi connectivity index (χ0n) is 12.8. The van der Waals surface area contributed by atoms with Crippen molar-refractivity contribution in [2.24, 2.45) is 10.7 Å². The first-order valence-corrected chi connectivity index (χ1v) is 7.17. The SMILES string of the molecule is CCCc1nc(C)c(CN=C(N)Nc2cccc(C)c2)o1. The second kappa shape index (κ2) is 6.92. The Labute approximate surface area is 125 Å². The third-order valence-corrected chi connectivity index (χ3v) is 3.08. The van der Waals surface area contributed by atoms with E-state index >= 15 is 0 Å². The second-order valence-corrected chi connectivity index (χ2v) is 5.06. The average molecular weight is 286 g/mol. The molecule has 0 fully saturated rings. The first kappa shape index (κ1) is 15.1. The number of hydrogen-bond acceptors (Lipinski definition) is 3. The topological polar surface area (TPSA) is 76.4 Å². The number of anilines is 1. The Balaban J connectivity index is 2.00. The number of oxazole rings is 1. The molecule has 2 aromatic rings. The highest BCUT2D eigenvalue weighted by Gasteiger charge is 2.08. The van der Waals surface area contributed by atoms with Gasteiger partial charge in [0, 0.05) is 12.1 Å². The van der Waals surface area contributed by atoms with Gasteiger partial charge in [-0.05, 0) is 38.0 Å². The van der Waals surface area contributed by atoms with Crippen molar-refractivity contribution in [1.29, 1.82) is 0 Å². The van der Waals surface area contributed by atoms with Crippen molar-refractivity contribution in [2.45, 2.75) is 40.2 Å². The van der Waals surface area contributed by atoms with E-state index in [1.54, 1.807) is 0 Å². The molecule has 21 heavy (non-hydrogen) atoms. The Morgan fingerprint density at radius 1 is 1.38 bits per heavy atom. The Bertz CT molecular complexity index is 631. The summed E-state index contributed by atoms with van der Waals surface area (Å²) in [6, 6.07) is 7.98. The number of benzene rings is 1. The highest BCUT2D eigenvalue weighted by atomic mass is 16.4. The van der Waals surface area contributed by atoms with Crippen LogP contribution < -0.4 is 11.1 Å². The van der Waals surface area contributed by atoms with Gasteiger partial charge < -0.3 is 15.5 Å². The molecule has 5 heteroatoms. The average Bonchev–Trinajstić information content (AvgIpc) is 2.77. The van der Waals surface area contributed by atoms with Gasteiger partial charge in [-0.25, -0.2) is 9.98 Å². The van der Waals surface area contributed by atoms with Crippen LogP contribution in [0.5, 0.6) is 0 Å². The number of aromatic nitrogens is 1. The van der Waals surface area contributed by atoms with Crippen molar-refractivity contribution < 1.29 is 4.42 Å². The van der Waals surface area contributed by atoms with Gasteiger partial charge in [-0.15, -0.1) is 0 Å². The Kier molecular flexibility index (Phi) is 4.98. The van der Waals surface area contributed by atoms with Gasteiger partial charge >= 0.3 is 0 Å². The summed E-state index contributed by atoms with van der Waals surface area (Å²) in [6.07, 6.45) is 1.86. The monoisotopic (exact) mass is 286 g/mol. The van der Waals surface area contributed by atoms with E-state index in [1.165, 1.54) is 5.56 Å². The lowest BCUT2D eigenvalue weighted by atomic mass is 10.2. The molecule has 0 bridgehead atoms. The minimum atomic E-state index is 0.369. The molecule has 0 amide bonds. The molecule has 0 saturated carbocycles. The number of hydrogen-bond donors (Lipinski definition) is 2. The van der Waals surface area contributed by atoms with Crippen molar-refractivity contribution in [1.82, 2.24) is 4.98 Å². The molecular weight excluding hydrogens is 264 g/mol. The van der Waals surface area contributed by atoms with Gasteiger partial charge in [-0.3, -0.25) is 0 Å². The molecular formula is C16H22N4O. The minimum absolute atomic E-state index is 0.369. The Morgan fingerprint density at radius 2 is 2.19 bits per heavy atom. The van der Waals surface area contributed by atoms with E-state index < -0.39 is 0 Å². The Morgan fingerprint density at radius 3 is 2.90 bits per heavy atom. The van der Waals surface area contributed by atoms with Crippen molar-refractivity contribution in [2.75, 3.05) is 5.32 Å². The van der Waals surface area contributed by atoms with Gasteiger partial charge in [0.15, 0.2) is 11.9 Å². The molecule has 1 heterocycles. The van der Waals surface area contributed by atoms with Crippen molar-refractivity contribution in [3.63, 3.8) is 0 Å². The zero-order valence-corrected chi connectivity index (χ0v) is 12.8. The quantitative estimate of drug-likeness (QED) is 0.654. The molecule has 0 aliphatic rings. The minimum Gasteiger partial charge on any atom is -0.443 e. The van der Waals surface area contributed by atoms with Crippen molar-refractivity contribution >= 4 is 11.6 Å². The predicted molar refractivity (Wildman–Crippen MR) is 85.4 cm³/mol. The van der Waals surface area contributed by atoms with E-state index in [9.17, 15) is 0 Å². The van der Waals surface area contributed by atoms with Gasteiger partial charge in [-0.2, -0.15) is 0 Å². The molecule has 0 radical (unpaired) electrons. The van der Waals surface area contributed by atoms with E-state index in [-0.39, 0.29) is 0 Å². The molecule has 3 N–H and O–H groups in total. The molecule has 1 aromatic heterocycles. The van der Waals surface area contributed by atoms with E-state index in [1.807, 2.05) is 38.1 Å². The van der Waals surface area contributed by atoms with Crippen molar-refractivity contribution in [3.8, 4) is 0 Å². The molecule has 0 aliphatic carbocycles. The van der Waals surface area contributed by atoms with Crippen LogP contribution in [0.4, 0.5) is 5.69 Å². The number of aryl methyl sites for hydroxylation is 3. The van der Waals surface area contributed by atoms with Gasteiger partial charge in [0.1, 0.15) is 12.3 Å². The zero-order chi connectivity index (χ0) is 15.2. The summed E-state index contributed by atoms with van der Waals surface area (Å²) in [5.41, 5.74) is 8.87. The first-order chi connectivity index (χ1) is 10.1. The summed E-state index contributed by atoms with van der Waals surface area (Å²) in [5.74, 6) is 1.91. The van der Waals surface area contributed by atoms with Gasteiger partial charge in [0.2, 0.25) is 0 Å². The number of guanidine groups is 1. The summed E-state index contributed by atoms with van der Waals surface area (Å²) in [6.45, 7) is 6.46. The summed E-state index contributed by atoms with van der Waals surface area (Å²) >= 11 is 0. The summed E-state index contributed by atoms with van der Waals surface area (Å²) < 4.78 is 5.67. The van der Waals surface area contributed by atoms with E-state index in [2.05, 4.69) is 22.2 Å². The molecule has 0 aliphatic heterocycles. The molecule has 2 rings (SSSR count). The fourth-order valence-electron chi connectivity index (χ4n) is 2.02. The maximum absolute atomic E-state index is 5.90. The van der Waals surface area contributed by atoms with E-state index in [4.69, 9.17) is 10.2 Å². The van der Waals surface area contributed by atoms with Gasteiger partial charge in [-0.1, -0.05) is 19.1 Å². The standard InChI is InChI=1S/C16H22N4O/c1-4-6-15-19-12(3)14(21-15)10-18-16(17)20-13-8-5-7-11(2)9-13/h5,7-9H,4,6,10H2,1-3H3,(H3,17,18,20). The predicted octanol–water partition coefficient (Wildman–Crippen LogP) is 3.17. The van der Waals surface area contributed by atoms with Crippen LogP contribution >= 0.6 is 0 Å². The fraction of sp³-hybridized carbons (Fsp3) is 0.375. The van der Waals surface area contributed by atoms with Crippen molar-refractivity contribution in [3.05, 3.63) is 47.2 Å². The molecule has 0 atom stereocenters. The molecule has 1 aromatic carbocycles. The lowest BCUT2D eigenvalue weighted by Gasteiger charge is -2.05. The smallest absolute Gasteiger partial charge is 0.194 e. The number of nitrogens with two attached hydrogens (primary N) is 1. The van der Waals surface area contributed by atoms with Crippen LogP contribution in [-0.2, 0) is 13.0 Å². The van der Waals surface area contributed by atoms with Crippen LogP contribution in [-0.4, -0.2) is 10.9 Å². The lowest BCUT2D eigenvalue weighted by molar-refractivity contribution is 0.453. The number of aliphatic imine (C=N–C) groups is 1. The third kappa shape index (κ3) is 4.34. The Hall–Kier alpha value is -2.30. The van der Waals surface area contributed by atoms with Crippen LogP contribution in [0.1, 0.15) is 36.3 Å². The molecule has 112 valence electrons. The lowest BCUT2D eigenvalue weighted by Crippen LogP contribution is -2.22. The van der Waals surface area contributed by atoms with Crippen LogP contribution in [0.3, 0.4) is 0 Å². The molecule has 0 saturated heterocycles. The number of rotatable bonds is 5. The number of nitrogens with one attached hydrogen (secondary N) is 1. The van der Waals surface area contributed by atoms with Crippen LogP contribution in [0.15, 0.2) is 33.7 Å². The summed E-state index contributed by atoms with van der Waals surface area (Å²) in [7, 11) is 0. The summed E-state index contributed by atoms with van der Waals surface area (Å²) in [4.78, 5) is 8.68. The molecule has 0 unspecified atom stereocenters. The maximum atomic E-state index is 5.90. The van der Waals surface area contributed by atoms with Gasteiger partial charge in [0.25, 0.3) is 0 Å². The maximum Gasteiger partial charge on any atom is 0.194 e. The largest absolute Gasteiger partial charge is 0.443 e. The van der Waals surface area contributed by atoms with E-state index in [0.717, 1.165) is 35.9 Å². The summed E-state index contributed by atoms with van der Waals surface area (Å²) in [5, 5.41) is 3.07. The van der Waals surface area contributed by atoms with Gasteiger partial charge in [0.05, 0.1) is 5.69 Å². The van der Waals surface area contributed by atoms with E-state index in [0.29, 0.717) is 12.5 Å². The van der Waals surface area contributed by atoms with Crippen LogP contribution in [0.25, 0.3) is 0 Å². The molecule has 5 nitrogen and oxygen atoms in total. The van der Waals surface area contributed by atoms with Crippen LogP contribution in [0, 0.1) is 13.8 Å². The second-order valence-electron chi connectivity index (χ2n) is 5.06. The first-order valence-electron chi connectivity index (χ1n) is 7.17. The number of nitrogens with zero attached hydrogens (tertiary/aromatic N) is 2. The normalized spacial score (nSPS) is 11.7.